The number of aryl methyl sites for hydroxylation is 1. The maximum absolute atomic E-state index is 3.65. The smallest absolute Gasteiger partial charge is 0.0411 e. The molecule has 0 saturated carbocycles. The highest BCUT2D eigenvalue weighted by atomic mass is 15.2. The molecule has 3 heteroatoms. The molecule has 1 saturated heterocycles. The zero-order valence-electron chi connectivity index (χ0n) is 13.6. The van der Waals surface area contributed by atoms with Crippen molar-refractivity contribution in [2.45, 2.75) is 33.2 Å². The second kappa shape index (κ2) is 6.49. The summed E-state index contributed by atoms with van der Waals surface area (Å²) >= 11 is 0. The molecule has 0 aliphatic carbocycles. The standard InChI is InChI=1S/C17H29N3/c1-13(2)10-15-12-20(9-8-18-15)16-7-6-14(3)17(11-16)19(4)5/h6-7,11,13,15,18H,8-10,12H2,1-5H3. The fourth-order valence-electron chi connectivity index (χ4n) is 3.06. The van der Waals surface area contributed by atoms with Crippen LogP contribution in [0.15, 0.2) is 18.2 Å². The van der Waals surface area contributed by atoms with Gasteiger partial charge in [0.1, 0.15) is 0 Å². The van der Waals surface area contributed by atoms with E-state index in [1.807, 2.05) is 0 Å². The molecule has 0 amide bonds. The minimum absolute atomic E-state index is 0.618. The number of hydrogen-bond donors (Lipinski definition) is 1. The second-order valence-corrected chi connectivity index (χ2v) is 6.59. The molecule has 1 N–H and O–H groups in total. The predicted molar refractivity (Wildman–Crippen MR) is 89.0 cm³/mol. The van der Waals surface area contributed by atoms with Crippen LogP contribution in [0.5, 0.6) is 0 Å². The number of nitrogens with zero attached hydrogens (tertiary/aromatic N) is 2. The van der Waals surface area contributed by atoms with Gasteiger partial charge in [-0.1, -0.05) is 19.9 Å². The van der Waals surface area contributed by atoms with Crippen LogP contribution in [-0.4, -0.2) is 39.8 Å². The molecule has 1 heterocycles. The Balaban J connectivity index is 2.12. The molecule has 0 radical (unpaired) electrons. The highest BCUT2D eigenvalue weighted by Gasteiger charge is 2.20. The molecular weight excluding hydrogens is 246 g/mol. The zero-order chi connectivity index (χ0) is 14.7. The lowest BCUT2D eigenvalue weighted by atomic mass is 10.0. The Morgan fingerprint density at radius 3 is 2.75 bits per heavy atom. The first-order valence-electron chi connectivity index (χ1n) is 7.73. The topological polar surface area (TPSA) is 18.5 Å². The molecule has 1 fully saturated rings. The van der Waals surface area contributed by atoms with Crippen LogP contribution in [-0.2, 0) is 0 Å². The van der Waals surface area contributed by atoms with Crippen molar-refractivity contribution in [1.29, 1.82) is 0 Å². The third kappa shape index (κ3) is 3.66. The van der Waals surface area contributed by atoms with Crippen LogP contribution in [0.3, 0.4) is 0 Å². The lowest BCUT2D eigenvalue weighted by Crippen LogP contribution is -2.51. The Morgan fingerprint density at radius 1 is 1.35 bits per heavy atom. The van der Waals surface area contributed by atoms with Crippen molar-refractivity contribution in [3.8, 4) is 0 Å². The maximum Gasteiger partial charge on any atom is 0.0411 e. The van der Waals surface area contributed by atoms with E-state index in [9.17, 15) is 0 Å². The van der Waals surface area contributed by atoms with Crippen LogP contribution in [0.4, 0.5) is 11.4 Å². The third-order valence-electron chi connectivity index (χ3n) is 4.05. The van der Waals surface area contributed by atoms with E-state index in [4.69, 9.17) is 0 Å². The molecule has 20 heavy (non-hydrogen) atoms. The summed E-state index contributed by atoms with van der Waals surface area (Å²) in [5.74, 6) is 0.753. The van der Waals surface area contributed by atoms with Gasteiger partial charge in [-0.3, -0.25) is 0 Å². The normalized spacial score (nSPS) is 19.5. The Hall–Kier alpha value is -1.22. The van der Waals surface area contributed by atoms with Crippen molar-refractivity contribution in [1.82, 2.24) is 5.32 Å². The van der Waals surface area contributed by atoms with Crippen LogP contribution < -0.4 is 15.1 Å². The summed E-state index contributed by atoms with van der Waals surface area (Å²) in [5.41, 5.74) is 4.02. The van der Waals surface area contributed by atoms with E-state index in [0.29, 0.717) is 6.04 Å². The first-order valence-corrected chi connectivity index (χ1v) is 7.73. The van der Waals surface area contributed by atoms with E-state index in [2.05, 4.69) is 68.2 Å². The summed E-state index contributed by atoms with van der Waals surface area (Å²) in [4.78, 5) is 4.72. The summed E-state index contributed by atoms with van der Waals surface area (Å²) in [5, 5.41) is 3.65. The van der Waals surface area contributed by atoms with E-state index < -0.39 is 0 Å². The van der Waals surface area contributed by atoms with Crippen molar-refractivity contribution in [3.63, 3.8) is 0 Å². The molecule has 0 bridgehead atoms. The fourth-order valence-corrected chi connectivity index (χ4v) is 3.06. The monoisotopic (exact) mass is 275 g/mol. The van der Waals surface area contributed by atoms with Crippen molar-refractivity contribution in [3.05, 3.63) is 23.8 Å². The van der Waals surface area contributed by atoms with E-state index >= 15 is 0 Å². The Labute approximate surface area is 124 Å². The molecule has 1 aliphatic heterocycles. The molecule has 1 aliphatic rings. The zero-order valence-corrected chi connectivity index (χ0v) is 13.6. The van der Waals surface area contributed by atoms with Gasteiger partial charge in [0.05, 0.1) is 0 Å². The molecule has 1 unspecified atom stereocenters. The van der Waals surface area contributed by atoms with Gasteiger partial charge in [-0.25, -0.2) is 0 Å². The molecular formula is C17H29N3. The van der Waals surface area contributed by atoms with Crippen LogP contribution in [0.1, 0.15) is 25.8 Å². The van der Waals surface area contributed by atoms with Crippen LogP contribution >= 0.6 is 0 Å². The molecule has 2 rings (SSSR count). The summed E-state index contributed by atoms with van der Waals surface area (Å²) in [6.07, 6.45) is 1.25. The van der Waals surface area contributed by atoms with Gasteiger partial charge in [0, 0.05) is 51.1 Å². The van der Waals surface area contributed by atoms with Gasteiger partial charge in [-0.15, -0.1) is 0 Å². The van der Waals surface area contributed by atoms with Crippen LogP contribution in [0.25, 0.3) is 0 Å². The van der Waals surface area contributed by atoms with Crippen molar-refractivity contribution >= 4 is 11.4 Å². The number of benzene rings is 1. The Bertz CT molecular complexity index is 440. The fraction of sp³-hybridized carbons (Fsp3) is 0.647. The molecule has 3 nitrogen and oxygen atoms in total. The van der Waals surface area contributed by atoms with Crippen molar-refractivity contribution in [2.24, 2.45) is 5.92 Å². The number of anilines is 2. The molecule has 1 aromatic rings. The first-order chi connectivity index (χ1) is 9.47. The van der Waals surface area contributed by atoms with Crippen LogP contribution in [0.2, 0.25) is 0 Å². The number of nitrogens with one attached hydrogen (secondary N) is 1. The first kappa shape index (κ1) is 15.2. The molecule has 112 valence electrons. The maximum atomic E-state index is 3.65. The van der Waals surface area contributed by atoms with Gasteiger partial charge in [-0.2, -0.15) is 0 Å². The number of piperazine rings is 1. The SMILES string of the molecule is Cc1ccc(N2CCNC(CC(C)C)C2)cc1N(C)C. The summed E-state index contributed by atoms with van der Waals surface area (Å²) in [7, 11) is 4.23. The predicted octanol–water partition coefficient (Wildman–Crippen LogP) is 2.89. The molecule has 1 aromatic carbocycles. The number of hydrogen-bond acceptors (Lipinski definition) is 3. The quantitative estimate of drug-likeness (QED) is 0.911. The van der Waals surface area contributed by atoms with Crippen molar-refractivity contribution in [2.75, 3.05) is 43.5 Å². The lowest BCUT2D eigenvalue weighted by molar-refractivity contribution is 0.388. The third-order valence-corrected chi connectivity index (χ3v) is 4.05. The molecule has 1 atom stereocenters. The molecule has 0 spiro atoms. The lowest BCUT2D eigenvalue weighted by Gasteiger charge is -2.36. The summed E-state index contributed by atoms with van der Waals surface area (Å²) in [6, 6.07) is 7.45. The van der Waals surface area contributed by atoms with Gasteiger partial charge >= 0.3 is 0 Å². The van der Waals surface area contributed by atoms with E-state index in [-0.39, 0.29) is 0 Å². The highest BCUT2D eigenvalue weighted by molar-refractivity contribution is 5.63. The van der Waals surface area contributed by atoms with E-state index in [1.54, 1.807) is 0 Å². The van der Waals surface area contributed by atoms with Gasteiger partial charge in [0.2, 0.25) is 0 Å². The van der Waals surface area contributed by atoms with Gasteiger partial charge < -0.3 is 15.1 Å². The summed E-state index contributed by atoms with van der Waals surface area (Å²) in [6.45, 7) is 10.1. The van der Waals surface area contributed by atoms with Gasteiger partial charge in [0.25, 0.3) is 0 Å². The van der Waals surface area contributed by atoms with Crippen molar-refractivity contribution < 1.29 is 0 Å². The minimum atomic E-state index is 0.618. The number of rotatable bonds is 4. The van der Waals surface area contributed by atoms with Crippen LogP contribution in [0, 0.1) is 12.8 Å². The average Bonchev–Trinajstić information content (AvgIpc) is 2.38. The average molecular weight is 275 g/mol. The Morgan fingerprint density at radius 2 is 2.10 bits per heavy atom. The largest absolute Gasteiger partial charge is 0.377 e. The Kier molecular flexibility index (Phi) is 4.92. The second-order valence-electron chi connectivity index (χ2n) is 6.59. The summed E-state index contributed by atoms with van der Waals surface area (Å²) < 4.78 is 0. The minimum Gasteiger partial charge on any atom is -0.377 e. The van der Waals surface area contributed by atoms with Gasteiger partial charge in [-0.05, 0) is 37.0 Å². The van der Waals surface area contributed by atoms with E-state index in [1.165, 1.54) is 23.4 Å². The van der Waals surface area contributed by atoms with Gasteiger partial charge in [0.15, 0.2) is 0 Å². The van der Waals surface area contributed by atoms with E-state index in [0.717, 1.165) is 25.6 Å². The highest BCUT2D eigenvalue weighted by Crippen LogP contribution is 2.26. The molecule has 0 aromatic heterocycles.